The summed E-state index contributed by atoms with van der Waals surface area (Å²) in [6.07, 6.45) is 1.85. The molecule has 39 heavy (non-hydrogen) atoms. The van der Waals surface area contributed by atoms with Gasteiger partial charge in [0.25, 0.3) is 0 Å². The van der Waals surface area contributed by atoms with Crippen LogP contribution in [0, 0.1) is 0 Å². The SMILES string of the molecule is c1ccc(-c2cc(-c3cccs3)cc(-n3c4ccccc4c4ccc(-c5nc6ccccc6o5)cc43)c2)nc1. The van der Waals surface area contributed by atoms with Crippen LogP contribution in [0.4, 0.5) is 0 Å². The van der Waals surface area contributed by atoms with Gasteiger partial charge in [0, 0.05) is 38.7 Å². The largest absolute Gasteiger partial charge is 0.436 e. The molecule has 0 radical (unpaired) electrons. The molecular weight excluding hydrogens is 498 g/mol. The van der Waals surface area contributed by atoms with Crippen molar-refractivity contribution >= 4 is 44.2 Å². The highest BCUT2D eigenvalue weighted by Gasteiger charge is 2.17. The monoisotopic (exact) mass is 519 g/mol. The molecule has 4 heterocycles. The molecule has 0 bridgehead atoms. The average Bonchev–Trinajstić information content (AvgIpc) is 3.75. The average molecular weight is 520 g/mol. The summed E-state index contributed by atoms with van der Waals surface area (Å²) >= 11 is 1.74. The fraction of sp³-hybridized carbons (Fsp3) is 0. The topological polar surface area (TPSA) is 43.9 Å². The van der Waals surface area contributed by atoms with E-state index in [2.05, 4.69) is 93.8 Å². The minimum absolute atomic E-state index is 0.622. The number of nitrogens with zero attached hydrogens (tertiary/aromatic N) is 3. The molecule has 5 heteroatoms. The lowest BCUT2D eigenvalue weighted by atomic mass is 10.0. The molecule has 0 atom stereocenters. The lowest BCUT2D eigenvalue weighted by Crippen LogP contribution is -1.96. The Bertz CT molecular complexity index is 2090. The summed E-state index contributed by atoms with van der Waals surface area (Å²) in [5.74, 6) is 0.622. The Morgan fingerprint density at radius 3 is 2.36 bits per heavy atom. The quantitative estimate of drug-likeness (QED) is 0.233. The van der Waals surface area contributed by atoms with Crippen molar-refractivity contribution in [3.8, 4) is 38.8 Å². The molecule has 0 amide bonds. The summed E-state index contributed by atoms with van der Waals surface area (Å²) in [7, 11) is 0. The molecule has 0 aliphatic rings. The van der Waals surface area contributed by atoms with Gasteiger partial charge in [-0.15, -0.1) is 11.3 Å². The molecule has 8 rings (SSSR count). The van der Waals surface area contributed by atoms with E-state index in [0.29, 0.717) is 5.89 Å². The zero-order valence-corrected chi connectivity index (χ0v) is 21.6. The number of rotatable bonds is 4. The minimum Gasteiger partial charge on any atom is -0.436 e. The summed E-state index contributed by atoms with van der Waals surface area (Å²) in [6, 6.07) is 40.0. The summed E-state index contributed by atoms with van der Waals surface area (Å²) in [5, 5.41) is 4.51. The Balaban J connectivity index is 1.41. The predicted molar refractivity (Wildman–Crippen MR) is 160 cm³/mol. The highest BCUT2D eigenvalue weighted by Crippen LogP contribution is 2.38. The molecule has 0 spiro atoms. The Kier molecular flexibility index (Phi) is 4.96. The van der Waals surface area contributed by atoms with Gasteiger partial charge in [-0.25, -0.2) is 4.98 Å². The van der Waals surface area contributed by atoms with Crippen LogP contribution in [-0.2, 0) is 0 Å². The van der Waals surface area contributed by atoms with E-state index in [1.807, 2.05) is 42.6 Å². The molecule has 0 aliphatic carbocycles. The molecule has 184 valence electrons. The van der Waals surface area contributed by atoms with Crippen molar-refractivity contribution in [1.82, 2.24) is 14.5 Å². The van der Waals surface area contributed by atoms with Gasteiger partial charge in [-0.2, -0.15) is 0 Å². The van der Waals surface area contributed by atoms with E-state index < -0.39 is 0 Å². The van der Waals surface area contributed by atoms with E-state index in [1.165, 1.54) is 21.2 Å². The van der Waals surface area contributed by atoms with Gasteiger partial charge in [-0.05, 0) is 77.7 Å². The number of hydrogen-bond acceptors (Lipinski definition) is 4. The zero-order chi connectivity index (χ0) is 25.8. The third-order valence-corrected chi connectivity index (χ3v) is 8.08. The van der Waals surface area contributed by atoms with Crippen molar-refractivity contribution in [2.45, 2.75) is 0 Å². The molecule has 4 aromatic carbocycles. The summed E-state index contributed by atoms with van der Waals surface area (Å²) in [5.41, 5.74) is 9.13. The van der Waals surface area contributed by atoms with Crippen molar-refractivity contribution in [2.75, 3.05) is 0 Å². The van der Waals surface area contributed by atoms with E-state index in [-0.39, 0.29) is 0 Å². The van der Waals surface area contributed by atoms with E-state index in [1.54, 1.807) is 11.3 Å². The van der Waals surface area contributed by atoms with Crippen LogP contribution in [0.2, 0.25) is 0 Å². The van der Waals surface area contributed by atoms with Gasteiger partial charge < -0.3 is 8.98 Å². The number of fused-ring (bicyclic) bond motifs is 4. The number of hydrogen-bond donors (Lipinski definition) is 0. The van der Waals surface area contributed by atoms with Gasteiger partial charge in [0.05, 0.1) is 16.7 Å². The second-order valence-electron chi connectivity index (χ2n) is 9.53. The fourth-order valence-electron chi connectivity index (χ4n) is 5.38. The number of para-hydroxylation sites is 3. The van der Waals surface area contributed by atoms with E-state index in [0.717, 1.165) is 44.6 Å². The molecule has 4 nitrogen and oxygen atoms in total. The first kappa shape index (κ1) is 22.0. The van der Waals surface area contributed by atoms with Crippen LogP contribution in [0.25, 0.3) is 71.7 Å². The molecule has 4 aromatic heterocycles. The normalized spacial score (nSPS) is 11.6. The third-order valence-electron chi connectivity index (χ3n) is 7.16. The van der Waals surface area contributed by atoms with Crippen molar-refractivity contribution in [2.24, 2.45) is 0 Å². The van der Waals surface area contributed by atoms with E-state index >= 15 is 0 Å². The van der Waals surface area contributed by atoms with Crippen LogP contribution < -0.4 is 0 Å². The van der Waals surface area contributed by atoms with Crippen LogP contribution in [0.3, 0.4) is 0 Å². The predicted octanol–water partition coefficient (Wildman–Crippen LogP) is 9.38. The van der Waals surface area contributed by atoms with Gasteiger partial charge in [0.15, 0.2) is 5.58 Å². The maximum absolute atomic E-state index is 6.14. The smallest absolute Gasteiger partial charge is 0.227 e. The van der Waals surface area contributed by atoms with Crippen molar-refractivity contribution in [1.29, 1.82) is 0 Å². The highest BCUT2D eigenvalue weighted by molar-refractivity contribution is 7.13. The van der Waals surface area contributed by atoms with Crippen LogP contribution in [0.1, 0.15) is 0 Å². The number of oxazole rings is 1. The second kappa shape index (κ2) is 8.79. The first-order valence-corrected chi connectivity index (χ1v) is 13.7. The maximum Gasteiger partial charge on any atom is 0.227 e. The Morgan fingerprint density at radius 1 is 0.641 bits per heavy atom. The number of aromatic nitrogens is 3. The Morgan fingerprint density at radius 2 is 1.49 bits per heavy atom. The highest BCUT2D eigenvalue weighted by atomic mass is 32.1. The van der Waals surface area contributed by atoms with Crippen LogP contribution in [-0.4, -0.2) is 14.5 Å². The fourth-order valence-corrected chi connectivity index (χ4v) is 6.10. The van der Waals surface area contributed by atoms with Crippen LogP contribution in [0.15, 0.2) is 131 Å². The standard InChI is InChI=1S/C34H21N3OS/c1-3-11-30-26(8-1)27-15-14-22(34-36-29-10-2-4-12-32(29)38-34)21-31(27)37(30)25-19-23(28-9-5-6-16-35-28)18-24(20-25)33-13-7-17-39-33/h1-21H. The summed E-state index contributed by atoms with van der Waals surface area (Å²) < 4.78 is 8.49. The number of pyridine rings is 1. The maximum atomic E-state index is 6.14. The first-order valence-electron chi connectivity index (χ1n) is 12.8. The molecule has 0 aliphatic heterocycles. The van der Waals surface area contributed by atoms with Gasteiger partial charge in [-0.1, -0.05) is 48.5 Å². The van der Waals surface area contributed by atoms with Gasteiger partial charge in [0.1, 0.15) is 5.52 Å². The molecule has 0 unspecified atom stereocenters. The molecule has 0 saturated carbocycles. The van der Waals surface area contributed by atoms with Crippen molar-refractivity contribution in [3.63, 3.8) is 0 Å². The molecule has 0 saturated heterocycles. The minimum atomic E-state index is 0.622. The first-order chi connectivity index (χ1) is 19.3. The van der Waals surface area contributed by atoms with E-state index in [4.69, 9.17) is 9.40 Å². The number of benzene rings is 4. The van der Waals surface area contributed by atoms with Crippen molar-refractivity contribution in [3.05, 3.63) is 127 Å². The Hall–Kier alpha value is -5.00. The molecular formula is C34H21N3OS. The summed E-state index contributed by atoms with van der Waals surface area (Å²) in [4.78, 5) is 10.7. The number of thiophene rings is 1. The lowest BCUT2D eigenvalue weighted by Gasteiger charge is -2.13. The second-order valence-corrected chi connectivity index (χ2v) is 10.5. The molecule has 0 fully saturated rings. The van der Waals surface area contributed by atoms with E-state index in [9.17, 15) is 0 Å². The molecule has 0 N–H and O–H groups in total. The van der Waals surface area contributed by atoms with Crippen molar-refractivity contribution < 1.29 is 4.42 Å². The van der Waals surface area contributed by atoms with Gasteiger partial charge in [0.2, 0.25) is 5.89 Å². The van der Waals surface area contributed by atoms with Crippen LogP contribution in [0.5, 0.6) is 0 Å². The molecule has 8 aromatic rings. The third kappa shape index (κ3) is 3.67. The Labute approximate surface area is 228 Å². The zero-order valence-electron chi connectivity index (χ0n) is 20.8. The summed E-state index contributed by atoms with van der Waals surface area (Å²) in [6.45, 7) is 0. The van der Waals surface area contributed by atoms with Gasteiger partial charge >= 0.3 is 0 Å². The van der Waals surface area contributed by atoms with Gasteiger partial charge in [-0.3, -0.25) is 4.98 Å². The lowest BCUT2D eigenvalue weighted by molar-refractivity contribution is 0.620. The van der Waals surface area contributed by atoms with Crippen LogP contribution >= 0.6 is 11.3 Å².